The molecule has 0 spiro atoms. The molecule has 3 aromatic heterocycles. The monoisotopic (exact) mass is 515 g/mol. The highest BCUT2D eigenvalue weighted by Crippen LogP contribution is 2.32. The van der Waals surface area contributed by atoms with Crippen LogP contribution in [0, 0.1) is 6.92 Å². The van der Waals surface area contributed by atoms with Gasteiger partial charge < -0.3 is 14.6 Å². The summed E-state index contributed by atoms with van der Waals surface area (Å²) in [5, 5.41) is 5.47. The van der Waals surface area contributed by atoms with Gasteiger partial charge in [-0.2, -0.15) is 0 Å². The van der Waals surface area contributed by atoms with Crippen molar-refractivity contribution >= 4 is 16.7 Å². The predicted octanol–water partition coefficient (Wildman–Crippen LogP) is 3.40. The molecule has 4 aromatic rings. The molecule has 9 nitrogen and oxygen atoms in total. The molecule has 1 aliphatic heterocycles. The highest BCUT2D eigenvalue weighted by atomic mass is 16.5. The van der Waals surface area contributed by atoms with Gasteiger partial charge in [-0.1, -0.05) is 18.2 Å². The number of ketones is 1. The Morgan fingerprint density at radius 1 is 1.16 bits per heavy atom. The molecular weight excluding hydrogens is 478 g/mol. The summed E-state index contributed by atoms with van der Waals surface area (Å²) in [6, 6.07) is 6.08. The van der Waals surface area contributed by atoms with Crippen molar-refractivity contribution in [3.8, 4) is 17.1 Å². The second-order valence-corrected chi connectivity index (χ2v) is 10.3. The number of hydrogen-bond donors (Lipinski definition) is 1. The third kappa shape index (κ3) is 5.35. The molecule has 0 aliphatic carbocycles. The van der Waals surface area contributed by atoms with Crippen LogP contribution in [-0.2, 0) is 24.7 Å². The minimum Gasteiger partial charge on any atom is -0.477 e. The van der Waals surface area contributed by atoms with Crippen molar-refractivity contribution in [2.45, 2.75) is 39.7 Å². The molecule has 5 rings (SSSR count). The highest BCUT2D eigenvalue weighted by molar-refractivity contribution is 5.99. The first-order valence-electron chi connectivity index (χ1n) is 13.4. The van der Waals surface area contributed by atoms with E-state index in [2.05, 4.69) is 38.0 Å². The van der Waals surface area contributed by atoms with Gasteiger partial charge in [0.1, 0.15) is 5.82 Å². The van der Waals surface area contributed by atoms with Gasteiger partial charge in [0.15, 0.2) is 5.78 Å². The number of H-pyrrole nitrogens is 1. The normalized spacial score (nSPS) is 15.7. The molecule has 0 saturated carbocycles. The summed E-state index contributed by atoms with van der Waals surface area (Å²) in [7, 11) is 4.01. The van der Waals surface area contributed by atoms with Crippen LogP contribution in [0.2, 0.25) is 0 Å². The Bertz CT molecular complexity index is 1430. The summed E-state index contributed by atoms with van der Waals surface area (Å²) in [6.07, 6.45) is 6.75. The van der Waals surface area contributed by atoms with E-state index in [-0.39, 0.29) is 11.8 Å². The maximum absolute atomic E-state index is 13.3. The molecule has 1 atom stereocenters. The number of carbonyl (C=O) groups excluding carboxylic acids is 1. The predicted molar refractivity (Wildman–Crippen MR) is 148 cm³/mol. The molecule has 200 valence electrons. The summed E-state index contributed by atoms with van der Waals surface area (Å²) < 4.78 is 7.45. The number of benzene rings is 1. The van der Waals surface area contributed by atoms with E-state index < -0.39 is 0 Å². The van der Waals surface area contributed by atoms with Gasteiger partial charge in [0.05, 0.1) is 18.3 Å². The van der Waals surface area contributed by atoms with Crippen LogP contribution in [0.5, 0.6) is 5.88 Å². The third-order valence-corrected chi connectivity index (χ3v) is 7.49. The average molecular weight is 516 g/mol. The number of nitrogens with one attached hydrogen (secondary N) is 1. The lowest BCUT2D eigenvalue weighted by Gasteiger charge is -2.35. The standard InChI is InChI=1S/C29H37N7O2/c1-6-38-29-22(18-35(5)33-29)15-26-30-16-19(2)27(32-26)24-17-31-28-21(8-7-9-23(24)28)14-25(37)20(3)36-12-10-34(4)11-13-36/h7-9,16-18,20,31H,6,10-15H2,1-5H3/t20-/m1/s1. The van der Waals surface area contributed by atoms with E-state index in [0.717, 1.165) is 65.0 Å². The molecule has 9 heteroatoms. The number of rotatable bonds is 9. The molecule has 0 bridgehead atoms. The average Bonchev–Trinajstić information content (AvgIpc) is 3.49. The van der Waals surface area contributed by atoms with Gasteiger partial charge in [0.2, 0.25) is 5.88 Å². The zero-order chi connectivity index (χ0) is 26.8. The number of Topliss-reactive ketones (excluding diaryl/α,β-unsaturated/α-hetero) is 1. The Morgan fingerprint density at radius 3 is 2.71 bits per heavy atom. The number of aromatic amines is 1. The van der Waals surface area contributed by atoms with E-state index in [4.69, 9.17) is 9.72 Å². The van der Waals surface area contributed by atoms with Crippen LogP contribution in [0.3, 0.4) is 0 Å². The minimum absolute atomic E-state index is 0.0888. The quantitative estimate of drug-likeness (QED) is 0.365. The van der Waals surface area contributed by atoms with Gasteiger partial charge in [-0.05, 0) is 38.9 Å². The zero-order valence-electron chi connectivity index (χ0n) is 23.0. The Morgan fingerprint density at radius 2 is 1.95 bits per heavy atom. The molecule has 1 aromatic carbocycles. The van der Waals surface area contributed by atoms with Crippen LogP contribution in [0.25, 0.3) is 22.2 Å². The van der Waals surface area contributed by atoms with Gasteiger partial charge in [0.25, 0.3) is 0 Å². The molecule has 0 unspecified atom stereocenters. The second-order valence-electron chi connectivity index (χ2n) is 10.3. The smallest absolute Gasteiger partial charge is 0.236 e. The lowest BCUT2D eigenvalue weighted by Crippen LogP contribution is -2.50. The first kappa shape index (κ1) is 26.1. The van der Waals surface area contributed by atoms with Crippen LogP contribution in [0.1, 0.15) is 36.4 Å². The number of carbonyl (C=O) groups is 1. The largest absolute Gasteiger partial charge is 0.477 e. The Labute approximate surface area is 223 Å². The van der Waals surface area contributed by atoms with Crippen molar-refractivity contribution in [2.75, 3.05) is 39.8 Å². The summed E-state index contributed by atoms with van der Waals surface area (Å²) >= 11 is 0. The molecule has 4 heterocycles. The SMILES string of the molecule is CCOc1nn(C)cc1Cc1ncc(C)c(-c2c[nH]c3c(CC(=O)[C@@H](C)N4CCN(C)CC4)cccc23)n1. The maximum Gasteiger partial charge on any atom is 0.236 e. The molecule has 38 heavy (non-hydrogen) atoms. The lowest BCUT2D eigenvalue weighted by molar-refractivity contribution is -0.123. The molecule has 1 fully saturated rings. The van der Waals surface area contributed by atoms with E-state index in [9.17, 15) is 4.79 Å². The van der Waals surface area contributed by atoms with Crippen LogP contribution in [0.4, 0.5) is 0 Å². The van der Waals surface area contributed by atoms with E-state index in [1.54, 1.807) is 4.68 Å². The summed E-state index contributed by atoms with van der Waals surface area (Å²) in [5.74, 6) is 1.58. The number of hydrogen-bond acceptors (Lipinski definition) is 7. The highest BCUT2D eigenvalue weighted by Gasteiger charge is 2.25. The number of para-hydroxylation sites is 1. The molecule has 0 amide bonds. The van der Waals surface area contributed by atoms with E-state index >= 15 is 0 Å². The van der Waals surface area contributed by atoms with Gasteiger partial charge in [-0.3, -0.25) is 14.4 Å². The zero-order valence-corrected chi connectivity index (χ0v) is 23.0. The molecule has 1 saturated heterocycles. The first-order chi connectivity index (χ1) is 18.3. The number of nitrogens with zero attached hydrogens (tertiary/aromatic N) is 6. The van der Waals surface area contributed by atoms with Crippen molar-refractivity contribution in [3.05, 3.63) is 59.3 Å². The Balaban J connectivity index is 1.40. The van der Waals surface area contributed by atoms with Crippen LogP contribution in [-0.4, -0.2) is 86.2 Å². The topological polar surface area (TPSA) is 92.2 Å². The number of aromatic nitrogens is 5. The fraction of sp³-hybridized carbons (Fsp3) is 0.448. The van der Waals surface area contributed by atoms with Crippen LogP contribution < -0.4 is 4.74 Å². The summed E-state index contributed by atoms with van der Waals surface area (Å²) in [6.45, 7) is 10.4. The van der Waals surface area contributed by atoms with E-state index in [1.807, 2.05) is 58.5 Å². The summed E-state index contributed by atoms with van der Waals surface area (Å²) in [4.78, 5) is 30.9. The molecule has 0 radical (unpaired) electrons. The number of aryl methyl sites for hydroxylation is 2. The lowest BCUT2D eigenvalue weighted by atomic mass is 9.99. The number of piperazine rings is 1. The van der Waals surface area contributed by atoms with Crippen molar-refractivity contribution in [3.63, 3.8) is 0 Å². The van der Waals surface area contributed by atoms with Gasteiger partial charge in [-0.25, -0.2) is 9.97 Å². The van der Waals surface area contributed by atoms with Gasteiger partial charge in [0, 0.05) is 86.7 Å². The van der Waals surface area contributed by atoms with Gasteiger partial charge >= 0.3 is 0 Å². The molecule has 1 aliphatic rings. The maximum atomic E-state index is 13.3. The number of ether oxygens (including phenoxy) is 1. The third-order valence-electron chi connectivity index (χ3n) is 7.49. The van der Waals surface area contributed by atoms with Crippen LogP contribution >= 0.6 is 0 Å². The molecular formula is C29H37N7O2. The van der Waals surface area contributed by atoms with E-state index in [0.29, 0.717) is 31.2 Å². The molecule has 1 N–H and O–H groups in total. The minimum atomic E-state index is -0.0888. The Kier molecular flexibility index (Phi) is 7.58. The van der Waals surface area contributed by atoms with Crippen molar-refractivity contribution in [1.29, 1.82) is 0 Å². The van der Waals surface area contributed by atoms with E-state index in [1.165, 1.54) is 0 Å². The number of likely N-dealkylation sites (N-methyl/N-ethyl adjacent to an activating group) is 1. The van der Waals surface area contributed by atoms with Gasteiger partial charge in [-0.15, -0.1) is 5.10 Å². The van der Waals surface area contributed by atoms with Crippen molar-refractivity contribution < 1.29 is 9.53 Å². The summed E-state index contributed by atoms with van der Waals surface area (Å²) in [5.41, 5.74) is 5.86. The fourth-order valence-corrected chi connectivity index (χ4v) is 5.21. The van der Waals surface area contributed by atoms with Crippen LogP contribution in [0.15, 0.2) is 36.8 Å². The Hall–Kier alpha value is -3.56. The van der Waals surface area contributed by atoms with Crippen molar-refractivity contribution in [2.24, 2.45) is 7.05 Å². The fourth-order valence-electron chi connectivity index (χ4n) is 5.21. The second kappa shape index (κ2) is 11.0. The number of fused-ring (bicyclic) bond motifs is 1. The van der Waals surface area contributed by atoms with Crippen molar-refractivity contribution in [1.82, 2.24) is 34.5 Å². The first-order valence-corrected chi connectivity index (χ1v) is 13.4.